The summed E-state index contributed by atoms with van der Waals surface area (Å²) in [6.07, 6.45) is 0.924. The van der Waals surface area contributed by atoms with Crippen LogP contribution in [0.5, 0.6) is 0 Å². The molecular formula is C22H30ClN3O6S. The Balaban J connectivity index is 1.68. The molecule has 1 N–H and O–H groups in total. The quantitative estimate of drug-likeness (QED) is 0.513. The van der Waals surface area contributed by atoms with Gasteiger partial charge in [0, 0.05) is 30.2 Å². The van der Waals surface area contributed by atoms with Crippen LogP contribution in [0.3, 0.4) is 0 Å². The highest BCUT2D eigenvalue weighted by atomic mass is 35.5. The molecule has 3 unspecified atom stereocenters. The molecule has 11 heteroatoms. The zero-order chi connectivity index (χ0) is 24.2. The minimum absolute atomic E-state index is 0.0915. The molecule has 0 radical (unpaired) electrons. The van der Waals surface area contributed by atoms with Crippen molar-refractivity contribution in [2.75, 3.05) is 38.6 Å². The van der Waals surface area contributed by atoms with E-state index in [1.54, 1.807) is 4.90 Å². The third-order valence-electron chi connectivity index (χ3n) is 6.14. The van der Waals surface area contributed by atoms with Gasteiger partial charge in [0.25, 0.3) is 0 Å². The van der Waals surface area contributed by atoms with Gasteiger partial charge in [-0.25, -0.2) is 13.1 Å². The summed E-state index contributed by atoms with van der Waals surface area (Å²) >= 11 is 5.81. The minimum atomic E-state index is -4.06. The van der Waals surface area contributed by atoms with E-state index in [2.05, 4.69) is 4.72 Å². The van der Waals surface area contributed by atoms with Crippen molar-refractivity contribution in [2.24, 2.45) is 5.92 Å². The van der Waals surface area contributed by atoms with E-state index < -0.39 is 39.6 Å². The molecule has 2 aliphatic heterocycles. The molecule has 0 spiro atoms. The summed E-state index contributed by atoms with van der Waals surface area (Å²) < 4.78 is 32.9. The average Bonchev–Trinajstić information content (AvgIpc) is 3.13. The molecule has 1 aromatic rings. The van der Waals surface area contributed by atoms with E-state index in [-0.39, 0.29) is 30.4 Å². The Bertz CT molecular complexity index is 978. The first-order chi connectivity index (χ1) is 15.6. The number of halogens is 1. The summed E-state index contributed by atoms with van der Waals surface area (Å²) in [5, 5.41) is 0.437. The van der Waals surface area contributed by atoms with Crippen molar-refractivity contribution in [1.29, 1.82) is 0 Å². The van der Waals surface area contributed by atoms with Crippen LogP contribution in [0.2, 0.25) is 5.02 Å². The number of ketones is 1. The molecular weight excluding hydrogens is 470 g/mol. The minimum Gasteiger partial charge on any atom is -0.378 e. The second-order valence-corrected chi connectivity index (χ2v) is 10.6. The van der Waals surface area contributed by atoms with E-state index >= 15 is 0 Å². The topological polar surface area (TPSA) is 113 Å². The van der Waals surface area contributed by atoms with Crippen LogP contribution in [0.25, 0.3) is 0 Å². The molecule has 3 atom stereocenters. The average molecular weight is 500 g/mol. The van der Waals surface area contributed by atoms with Gasteiger partial charge in [0.05, 0.1) is 13.2 Å². The first-order valence-electron chi connectivity index (χ1n) is 11.1. The second kappa shape index (κ2) is 10.9. The van der Waals surface area contributed by atoms with Crippen LogP contribution < -0.4 is 4.72 Å². The highest BCUT2D eigenvalue weighted by Crippen LogP contribution is 2.24. The number of likely N-dealkylation sites (tertiary alicyclic amines) is 1. The molecule has 0 aromatic heterocycles. The molecule has 1 aromatic carbocycles. The number of carbonyl (C=O) groups is 3. The Morgan fingerprint density at radius 1 is 1.18 bits per heavy atom. The fourth-order valence-electron chi connectivity index (χ4n) is 4.12. The maximum atomic E-state index is 13.2. The zero-order valence-corrected chi connectivity index (χ0v) is 20.4. The lowest BCUT2D eigenvalue weighted by atomic mass is 9.96. The standard InChI is InChI=1S/C22H30ClN3O6S/c1-3-15(2)20(22(29)25-10-12-32-13-11-25)26-9-8-18(21(26)28)24-33(30,31)14-19(27)16-4-6-17(23)7-5-16/h4-7,15,18,20,24H,3,8-14H2,1-2H3. The highest BCUT2D eigenvalue weighted by molar-refractivity contribution is 7.90. The SMILES string of the molecule is CCC(C)C(C(=O)N1CCOCC1)N1CCC(NS(=O)(=O)CC(=O)c2ccc(Cl)cc2)C1=O. The third-order valence-corrected chi connectivity index (χ3v) is 7.68. The fourth-order valence-corrected chi connectivity index (χ4v) is 5.49. The third kappa shape index (κ3) is 6.32. The number of benzene rings is 1. The zero-order valence-electron chi connectivity index (χ0n) is 18.8. The number of carbonyl (C=O) groups excluding carboxylic acids is 3. The van der Waals surface area contributed by atoms with E-state index in [0.29, 0.717) is 37.7 Å². The molecule has 2 saturated heterocycles. The predicted molar refractivity (Wildman–Crippen MR) is 123 cm³/mol. The van der Waals surface area contributed by atoms with Crippen LogP contribution in [-0.2, 0) is 24.3 Å². The smallest absolute Gasteiger partial charge is 0.245 e. The lowest BCUT2D eigenvalue weighted by Gasteiger charge is -2.37. The number of sulfonamides is 1. The van der Waals surface area contributed by atoms with Crippen molar-refractivity contribution >= 4 is 39.2 Å². The normalized spacial score (nSPS) is 21.2. The highest BCUT2D eigenvalue weighted by Gasteiger charge is 2.43. The van der Waals surface area contributed by atoms with Crippen molar-refractivity contribution in [3.63, 3.8) is 0 Å². The van der Waals surface area contributed by atoms with Crippen molar-refractivity contribution in [2.45, 2.75) is 38.8 Å². The molecule has 182 valence electrons. The molecule has 9 nitrogen and oxygen atoms in total. The number of Topliss-reactive ketones (excluding diaryl/α,β-unsaturated/α-hetero) is 1. The molecule has 2 heterocycles. The number of amides is 2. The lowest BCUT2D eigenvalue weighted by molar-refractivity contribution is -0.149. The Hall–Kier alpha value is -2.01. The summed E-state index contributed by atoms with van der Waals surface area (Å²) in [6.45, 7) is 5.98. The summed E-state index contributed by atoms with van der Waals surface area (Å²) in [5.74, 6) is -2.04. The maximum Gasteiger partial charge on any atom is 0.245 e. The largest absolute Gasteiger partial charge is 0.378 e. The van der Waals surface area contributed by atoms with E-state index in [1.165, 1.54) is 29.2 Å². The Morgan fingerprint density at radius 2 is 1.82 bits per heavy atom. The van der Waals surface area contributed by atoms with Crippen LogP contribution in [0.4, 0.5) is 0 Å². The first-order valence-corrected chi connectivity index (χ1v) is 13.1. The van der Waals surface area contributed by atoms with Crippen LogP contribution >= 0.6 is 11.6 Å². The van der Waals surface area contributed by atoms with Crippen LogP contribution in [0, 0.1) is 5.92 Å². The van der Waals surface area contributed by atoms with Crippen LogP contribution in [-0.4, -0.2) is 86.5 Å². The molecule has 3 rings (SSSR count). The van der Waals surface area contributed by atoms with Gasteiger partial charge in [-0.15, -0.1) is 0 Å². The van der Waals surface area contributed by atoms with Crippen molar-refractivity contribution < 1.29 is 27.5 Å². The van der Waals surface area contributed by atoms with Gasteiger partial charge < -0.3 is 14.5 Å². The van der Waals surface area contributed by atoms with Gasteiger partial charge in [-0.05, 0) is 36.6 Å². The van der Waals surface area contributed by atoms with Gasteiger partial charge in [0.15, 0.2) is 5.78 Å². The van der Waals surface area contributed by atoms with Gasteiger partial charge in [-0.2, -0.15) is 0 Å². The van der Waals surface area contributed by atoms with Crippen molar-refractivity contribution in [3.8, 4) is 0 Å². The van der Waals surface area contributed by atoms with Gasteiger partial charge >= 0.3 is 0 Å². The molecule has 0 saturated carbocycles. The Kier molecular flexibility index (Phi) is 8.49. The number of ether oxygens (including phenoxy) is 1. The summed E-state index contributed by atoms with van der Waals surface area (Å²) in [6, 6.07) is 4.26. The fraction of sp³-hybridized carbons (Fsp3) is 0.591. The van der Waals surface area contributed by atoms with Gasteiger partial charge in [-0.3, -0.25) is 14.4 Å². The summed E-state index contributed by atoms with van der Waals surface area (Å²) in [7, 11) is -4.06. The van der Waals surface area contributed by atoms with E-state index in [1.807, 2.05) is 13.8 Å². The number of nitrogens with zero attached hydrogens (tertiary/aromatic N) is 2. The second-order valence-electron chi connectivity index (χ2n) is 8.45. The van der Waals surface area contributed by atoms with E-state index in [9.17, 15) is 22.8 Å². The first kappa shape index (κ1) is 25.6. The number of morpholine rings is 1. The van der Waals surface area contributed by atoms with Crippen molar-refractivity contribution in [1.82, 2.24) is 14.5 Å². The summed E-state index contributed by atoms with van der Waals surface area (Å²) in [4.78, 5) is 41.9. The maximum absolute atomic E-state index is 13.2. The molecule has 0 aliphatic carbocycles. The van der Waals surface area contributed by atoms with Crippen molar-refractivity contribution in [3.05, 3.63) is 34.9 Å². The molecule has 2 fully saturated rings. The molecule has 2 aliphatic rings. The Morgan fingerprint density at radius 3 is 2.42 bits per heavy atom. The number of hydrogen-bond acceptors (Lipinski definition) is 6. The van der Waals surface area contributed by atoms with E-state index in [4.69, 9.17) is 16.3 Å². The predicted octanol–water partition coefficient (Wildman–Crippen LogP) is 1.32. The lowest BCUT2D eigenvalue weighted by Crippen LogP contribution is -2.56. The number of rotatable bonds is 9. The molecule has 2 amide bonds. The van der Waals surface area contributed by atoms with E-state index in [0.717, 1.165) is 0 Å². The van der Waals surface area contributed by atoms with Crippen LogP contribution in [0.1, 0.15) is 37.0 Å². The van der Waals surface area contributed by atoms with Gasteiger partial charge in [0.1, 0.15) is 17.8 Å². The summed E-state index contributed by atoms with van der Waals surface area (Å²) in [5.41, 5.74) is 0.220. The van der Waals surface area contributed by atoms with Crippen LogP contribution in [0.15, 0.2) is 24.3 Å². The number of nitrogens with one attached hydrogen (secondary N) is 1. The molecule has 0 bridgehead atoms. The molecule has 33 heavy (non-hydrogen) atoms. The monoisotopic (exact) mass is 499 g/mol. The van der Waals surface area contributed by atoms with Gasteiger partial charge in [0.2, 0.25) is 21.8 Å². The Labute approximate surface area is 199 Å². The van der Waals surface area contributed by atoms with Gasteiger partial charge in [-0.1, -0.05) is 31.9 Å². The number of hydrogen-bond donors (Lipinski definition) is 1.